The minimum atomic E-state index is -1.09. The number of carboxylic acid groups (broad SMARTS) is 1. The number of benzene rings is 1. The van der Waals surface area contributed by atoms with Crippen molar-refractivity contribution in [1.82, 2.24) is 0 Å². The van der Waals surface area contributed by atoms with Crippen LogP contribution in [0.2, 0.25) is 0 Å². The summed E-state index contributed by atoms with van der Waals surface area (Å²) in [5, 5.41) is 11.2. The second-order valence-corrected chi connectivity index (χ2v) is 4.99. The predicted molar refractivity (Wildman–Crippen MR) is 73.8 cm³/mol. The van der Waals surface area contributed by atoms with Crippen molar-refractivity contribution in [2.24, 2.45) is 11.7 Å². The minimum Gasteiger partial charge on any atom is -0.481 e. The molecule has 1 aromatic rings. The van der Waals surface area contributed by atoms with Crippen LogP contribution in [-0.2, 0) is 16.0 Å². The Morgan fingerprint density at radius 2 is 1.84 bits per heavy atom. The number of aliphatic carboxylic acids is 1. The van der Waals surface area contributed by atoms with Crippen LogP contribution in [0.5, 0.6) is 0 Å². The lowest BCUT2D eigenvalue weighted by atomic mass is 10.0. The summed E-state index contributed by atoms with van der Waals surface area (Å²) in [7, 11) is 0. The number of anilines is 1. The van der Waals surface area contributed by atoms with Crippen LogP contribution in [0.25, 0.3) is 0 Å². The highest BCUT2D eigenvalue weighted by Crippen LogP contribution is 2.13. The molecule has 0 bridgehead atoms. The molecule has 0 aliphatic carbocycles. The lowest BCUT2D eigenvalue weighted by Crippen LogP contribution is -2.37. The molecule has 1 amide bonds. The number of nitrogens with one attached hydrogen (secondary N) is 1. The van der Waals surface area contributed by atoms with Crippen molar-refractivity contribution in [2.45, 2.75) is 32.7 Å². The van der Waals surface area contributed by atoms with Crippen LogP contribution in [0.15, 0.2) is 24.3 Å². The Balaban J connectivity index is 2.57. The Labute approximate surface area is 112 Å². The first-order chi connectivity index (χ1) is 8.88. The smallest absolute Gasteiger partial charge is 0.305 e. The zero-order chi connectivity index (χ0) is 14.4. The van der Waals surface area contributed by atoms with Gasteiger partial charge in [0.25, 0.3) is 0 Å². The van der Waals surface area contributed by atoms with Crippen LogP contribution in [-0.4, -0.2) is 23.0 Å². The molecule has 4 N–H and O–H groups in total. The van der Waals surface area contributed by atoms with Gasteiger partial charge in [-0.2, -0.15) is 0 Å². The summed E-state index contributed by atoms with van der Waals surface area (Å²) < 4.78 is 0. The fraction of sp³-hybridized carbons (Fsp3) is 0.429. The Kier molecular flexibility index (Phi) is 5.51. The van der Waals surface area contributed by atoms with E-state index < -0.39 is 17.9 Å². The van der Waals surface area contributed by atoms with Gasteiger partial charge < -0.3 is 16.2 Å². The van der Waals surface area contributed by atoms with Crippen LogP contribution in [0.1, 0.15) is 25.8 Å². The van der Waals surface area contributed by atoms with Gasteiger partial charge in [-0.3, -0.25) is 9.59 Å². The van der Waals surface area contributed by atoms with E-state index >= 15 is 0 Å². The van der Waals surface area contributed by atoms with E-state index in [0.717, 1.165) is 6.42 Å². The highest BCUT2D eigenvalue weighted by Gasteiger charge is 2.16. The summed E-state index contributed by atoms with van der Waals surface area (Å²) in [6, 6.07) is 6.44. The van der Waals surface area contributed by atoms with Gasteiger partial charge in [0.15, 0.2) is 0 Å². The molecule has 0 unspecified atom stereocenters. The van der Waals surface area contributed by atoms with E-state index in [1.165, 1.54) is 5.56 Å². The van der Waals surface area contributed by atoms with Gasteiger partial charge >= 0.3 is 5.97 Å². The van der Waals surface area contributed by atoms with Gasteiger partial charge in [0.2, 0.25) is 5.91 Å². The first-order valence-corrected chi connectivity index (χ1v) is 6.25. The maximum Gasteiger partial charge on any atom is 0.305 e. The lowest BCUT2D eigenvalue weighted by Gasteiger charge is -2.11. The van der Waals surface area contributed by atoms with Gasteiger partial charge in [0.05, 0.1) is 12.5 Å². The van der Waals surface area contributed by atoms with Crippen LogP contribution >= 0.6 is 0 Å². The minimum absolute atomic E-state index is 0.378. The molecule has 0 fully saturated rings. The van der Waals surface area contributed by atoms with Gasteiger partial charge in [-0.05, 0) is 30.0 Å². The molecule has 0 aliphatic rings. The third-order valence-electron chi connectivity index (χ3n) is 2.60. The molecule has 0 aliphatic heterocycles. The molecule has 0 spiro atoms. The lowest BCUT2D eigenvalue weighted by molar-refractivity contribution is -0.138. The van der Waals surface area contributed by atoms with Crippen LogP contribution in [0.4, 0.5) is 5.69 Å². The summed E-state index contributed by atoms with van der Waals surface area (Å²) in [5.41, 5.74) is 7.29. The average Bonchev–Trinajstić information content (AvgIpc) is 2.30. The normalized spacial score (nSPS) is 12.2. The summed E-state index contributed by atoms with van der Waals surface area (Å²) >= 11 is 0. The number of carboxylic acids is 1. The fourth-order valence-corrected chi connectivity index (χ4v) is 1.71. The molecular formula is C14H20N2O3. The van der Waals surface area contributed by atoms with E-state index in [2.05, 4.69) is 19.2 Å². The molecule has 19 heavy (non-hydrogen) atoms. The SMILES string of the molecule is CC(C)Cc1ccc(NC(=O)[C@@H](N)CC(=O)O)cc1. The van der Waals surface area contributed by atoms with E-state index in [1.54, 1.807) is 12.1 Å². The van der Waals surface area contributed by atoms with Gasteiger partial charge in [-0.25, -0.2) is 0 Å². The number of rotatable bonds is 6. The number of hydrogen-bond acceptors (Lipinski definition) is 3. The predicted octanol–water partition coefficient (Wildman–Crippen LogP) is 1.63. The third-order valence-corrected chi connectivity index (χ3v) is 2.60. The molecule has 0 heterocycles. The molecule has 1 rings (SSSR count). The maximum absolute atomic E-state index is 11.6. The molecule has 0 saturated carbocycles. The highest BCUT2D eigenvalue weighted by molar-refractivity contribution is 5.96. The molecule has 104 valence electrons. The zero-order valence-electron chi connectivity index (χ0n) is 11.2. The van der Waals surface area contributed by atoms with Crippen molar-refractivity contribution in [3.05, 3.63) is 29.8 Å². The van der Waals surface area contributed by atoms with E-state index in [-0.39, 0.29) is 6.42 Å². The van der Waals surface area contributed by atoms with Crippen LogP contribution < -0.4 is 11.1 Å². The van der Waals surface area contributed by atoms with Crippen molar-refractivity contribution in [3.8, 4) is 0 Å². The van der Waals surface area contributed by atoms with Crippen molar-refractivity contribution in [3.63, 3.8) is 0 Å². The van der Waals surface area contributed by atoms with Gasteiger partial charge in [-0.15, -0.1) is 0 Å². The molecule has 1 aromatic carbocycles. The monoisotopic (exact) mass is 264 g/mol. The topological polar surface area (TPSA) is 92.4 Å². The highest BCUT2D eigenvalue weighted by atomic mass is 16.4. The van der Waals surface area contributed by atoms with Crippen molar-refractivity contribution in [2.75, 3.05) is 5.32 Å². The Morgan fingerprint density at radius 3 is 2.32 bits per heavy atom. The Bertz CT molecular complexity index is 441. The summed E-state index contributed by atoms with van der Waals surface area (Å²) in [4.78, 5) is 22.1. The first kappa shape index (κ1) is 15.2. The number of nitrogens with two attached hydrogens (primary N) is 1. The molecule has 0 radical (unpaired) electrons. The number of hydrogen-bond donors (Lipinski definition) is 3. The van der Waals surface area contributed by atoms with Crippen molar-refractivity contribution in [1.29, 1.82) is 0 Å². The van der Waals surface area contributed by atoms with E-state index in [9.17, 15) is 9.59 Å². The van der Waals surface area contributed by atoms with Crippen molar-refractivity contribution >= 4 is 17.6 Å². The van der Waals surface area contributed by atoms with Crippen LogP contribution in [0, 0.1) is 5.92 Å². The molecule has 0 aromatic heterocycles. The van der Waals surface area contributed by atoms with Gasteiger partial charge in [0.1, 0.15) is 0 Å². The first-order valence-electron chi connectivity index (χ1n) is 6.25. The second kappa shape index (κ2) is 6.89. The molecular weight excluding hydrogens is 244 g/mol. The molecule has 0 saturated heterocycles. The van der Waals surface area contributed by atoms with Gasteiger partial charge in [-0.1, -0.05) is 26.0 Å². The Hall–Kier alpha value is -1.88. The number of carbonyl (C=O) groups excluding carboxylic acids is 1. The average molecular weight is 264 g/mol. The quantitative estimate of drug-likeness (QED) is 0.728. The molecule has 5 nitrogen and oxygen atoms in total. The largest absolute Gasteiger partial charge is 0.481 e. The van der Waals surface area contributed by atoms with Crippen molar-refractivity contribution < 1.29 is 14.7 Å². The molecule has 5 heteroatoms. The third kappa shape index (κ3) is 5.52. The summed E-state index contributed by atoms with van der Waals surface area (Å²) in [5.74, 6) is -1.00. The molecule has 1 atom stereocenters. The van der Waals surface area contributed by atoms with E-state index in [1.807, 2.05) is 12.1 Å². The summed E-state index contributed by atoms with van der Waals surface area (Å²) in [6.07, 6.45) is 0.601. The number of carbonyl (C=O) groups is 2. The van der Waals surface area contributed by atoms with Crippen LogP contribution in [0.3, 0.4) is 0 Å². The zero-order valence-corrected chi connectivity index (χ0v) is 11.2. The van der Waals surface area contributed by atoms with Gasteiger partial charge in [0, 0.05) is 5.69 Å². The standard InChI is InChI=1S/C14H20N2O3/c1-9(2)7-10-3-5-11(6-4-10)16-14(19)12(15)8-13(17)18/h3-6,9,12H,7-8,15H2,1-2H3,(H,16,19)(H,17,18)/t12-/m0/s1. The Morgan fingerprint density at radius 1 is 1.26 bits per heavy atom. The van der Waals surface area contributed by atoms with E-state index in [4.69, 9.17) is 10.8 Å². The summed E-state index contributed by atoms with van der Waals surface area (Å²) in [6.45, 7) is 4.28. The second-order valence-electron chi connectivity index (χ2n) is 4.99. The fourth-order valence-electron chi connectivity index (χ4n) is 1.71. The maximum atomic E-state index is 11.6. The van der Waals surface area contributed by atoms with E-state index in [0.29, 0.717) is 11.6 Å². The number of amides is 1.